The average molecular weight is 265 g/mol. The standard InChI is InChI=1S/C11H9ClN4O2/c12-9-7-10(17)16(11(18)14-9)5-2-1-4-15-6-3-13-8-15/h3,6-8H,4-5H2,(H,14,18). The van der Waals surface area contributed by atoms with E-state index >= 15 is 0 Å². The Balaban J connectivity index is 2.10. The molecule has 0 aromatic carbocycles. The quantitative estimate of drug-likeness (QED) is 0.617. The van der Waals surface area contributed by atoms with Gasteiger partial charge >= 0.3 is 5.69 Å². The second kappa shape index (κ2) is 5.38. The lowest BCUT2D eigenvalue weighted by molar-refractivity contribution is 0.725. The zero-order valence-corrected chi connectivity index (χ0v) is 10.0. The largest absolute Gasteiger partial charge is 0.330 e. The normalized spacial score (nSPS) is 9.83. The summed E-state index contributed by atoms with van der Waals surface area (Å²) < 4.78 is 2.76. The van der Waals surface area contributed by atoms with Crippen molar-refractivity contribution >= 4 is 11.6 Å². The molecule has 0 amide bonds. The van der Waals surface area contributed by atoms with E-state index in [1.54, 1.807) is 23.3 Å². The molecular weight excluding hydrogens is 256 g/mol. The molecule has 0 aliphatic rings. The van der Waals surface area contributed by atoms with Gasteiger partial charge in [-0.1, -0.05) is 23.4 Å². The molecule has 0 spiro atoms. The van der Waals surface area contributed by atoms with Gasteiger partial charge in [-0.05, 0) is 0 Å². The lowest BCUT2D eigenvalue weighted by Crippen LogP contribution is -2.34. The number of nitrogens with one attached hydrogen (secondary N) is 1. The van der Waals surface area contributed by atoms with Gasteiger partial charge in [-0.2, -0.15) is 0 Å². The minimum absolute atomic E-state index is 0.0209. The second-order valence-electron chi connectivity index (χ2n) is 3.44. The monoisotopic (exact) mass is 264 g/mol. The fraction of sp³-hybridized carbons (Fsp3) is 0.182. The van der Waals surface area contributed by atoms with Crippen molar-refractivity contribution in [1.82, 2.24) is 19.1 Å². The Morgan fingerprint density at radius 1 is 1.33 bits per heavy atom. The zero-order chi connectivity index (χ0) is 13.0. The molecule has 0 fully saturated rings. The molecule has 7 heteroatoms. The highest BCUT2D eigenvalue weighted by molar-refractivity contribution is 6.29. The topological polar surface area (TPSA) is 72.7 Å². The third-order valence-corrected chi connectivity index (χ3v) is 2.37. The number of aromatic nitrogens is 4. The van der Waals surface area contributed by atoms with Gasteiger partial charge < -0.3 is 4.57 Å². The van der Waals surface area contributed by atoms with Crippen LogP contribution in [0.15, 0.2) is 34.4 Å². The van der Waals surface area contributed by atoms with Crippen molar-refractivity contribution in [3.8, 4) is 11.8 Å². The molecule has 18 heavy (non-hydrogen) atoms. The first kappa shape index (κ1) is 12.2. The molecule has 2 aromatic rings. The molecule has 2 heterocycles. The summed E-state index contributed by atoms with van der Waals surface area (Å²) in [5, 5.41) is 0.0209. The number of imidazole rings is 1. The first-order valence-corrected chi connectivity index (χ1v) is 5.46. The summed E-state index contributed by atoms with van der Waals surface area (Å²) >= 11 is 5.54. The fourth-order valence-electron chi connectivity index (χ4n) is 1.30. The molecule has 6 nitrogen and oxygen atoms in total. The Morgan fingerprint density at radius 2 is 2.11 bits per heavy atom. The average Bonchev–Trinajstić information content (AvgIpc) is 2.79. The van der Waals surface area contributed by atoms with Gasteiger partial charge in [-0.15, -0.1) is 0 Å². The highest BCUT2D eigenvalue weighted by Gasteiger charge is 2.00. The summed E-state index contributed by atoms with van der Waals surface area (Å²) in [6.07, 6.45) is 5.06. The third-order valence-electron chi connectivity index (χ3n) is 2.17. The zero-order valence-electron chi connectivity index (χ0n) is 9.26. The van der Waals surface area contributed by atoms with Crippen LogP contribution in [-0.2, 0) is 13.1 Å². The van der Waals surface area contributed by atoms with E-state index in [0.717, 1.165) is 10.6 Å². The van der Waals surface area contributed by atoms with Crippen molar-refractivity contribution in [2.45, 2.75) is 13.1 Å². The smallest absolute Gasteiger partial charge is 0.326 e. The molecule has 92 valence electrons. The lowest BCUT2D eigenvalue weighted by Gasteiger charge is -1.98. The van der Waals surface area contributed by atoms with Gasteiger partial charge in [0.25, 0.3) is 5.56 Å². The summed E-state index contributed by atoms with van der Waals surface area (Å²) in [4.78, 5) is 29.1. The van der Waals surface area contributed by atoms with Crippen molar-refractivity contribution in [1.29, 1.82) is 0 Å². The van der Waals surface area contributed by atoms with Crippen molar-refractivity contribution < 1.29 is 0 Å². The van der Waals surface area contributed by atoms with Gasteiger partial charge in [-0.25, -0.2) is 14.3 Å². The number of hydrogen-bond acceptors (Lipinski definition) is 3. The van der Waals surface area contributed by atoms with Crippen LogP contribution >= 0.6 is 11.6 Å². The Bertz CT molecular complexity index is 672. The first-order valence-electron chi connectivity index (χ1n) is 5.08. The highest BCUT2D eigenvalue weighted by atomic mass is 35.5. The van der Waals surface area contributed by atoms with Crippen LogP contribution in [0.2, 0.25) is 5.15 Å². The van der Waals surface area contributed by atoms with Gasteiger partial charge in [0.1, 0.15) is 5.15 Å². The molecule has 2 rings (SSSR count). The number of nitrogens with zero attached hydrogens (tertiary/aromatic N) is 3. The van der Waals surface area contributed by atoms with Crippen LogP contribution < -0.4 is 11.2 Å². The Kier molecular flexibility index (Phi) is 3.65. The molecular formula is C11H9ClN4O2. The van der Waals surface area contributed by atoms with Crippen LogP contribution in [0, 0.1) is 11.8 Å². The van der Waals surface area contributed by atoms with E-state index in [2.05, 4.69) is 21.8 Å². The molecule has 0 saturated carbocycles. The number of H-pyrrole nitrogens is 1. The summed E-state index contributed by atoms with van der Waals surface area (Å²) in [7, 11) is 0. The lowest BCUT2D eigenvalue weighted by atomic mass is 10.5. The SMILES string of the molecule is O=c1cc(Cl)[nH]c(=O)n1CC#CCn1ccnc1. The maximum Gasteiger partial charge on any atom is 0.330 e. The molecule has 0 aliphatic heterocycles. The molecule has 1 N–H and O–H groups in total. The van der Waals surface area contributed by atoms with E-state index in [1.165, 1.54) is 0 Å². The molecule has 2 aromatic heterocycles. The predicted octanol–water partition coefficient (Wildman–Crippen LogP) is 0.0901. The second-order valence-corrected chi connectivity index (χ2v) is 3.84. The van der Waals surface area contributed by atoms with Crippen molar-refractivity contribution in [3.05, 3.63) is 50.8 Å². The summed E-state index contributed by atoms with van der Waals surface area (Å²) in [5.74, 6) is 5.58. The maximum absolute atomic E-state index is 11.5. The minimum Gasteiger partial charge on any atom is -0.326 e. The molecule has 0 aliphatic carbocycles. The van der Waals surface area contributed by atoms with E-state index in [9.17, 15) is 9.59 Å². The van der Waals surface area contributed by atoms with Gasteiger partial charge in [0, 0.05) is 18.5 Å². The Hall–Kier alpha value is -2.26. The van der Waals surface area contributed by atoms with E-state index in [0.29, 0.717) is 6.54 Å². The number of rotatable bonds is 2. The van der Waals surface area contributed by atoms with Crippen LogP contribution in [-0.4, -0.2) is 19.1 Å². The molecule has 0 atom stereocenters. The first-order chi connectivity index (χ1) is 8.66. The van der Waals surface area contributed by atoms with Crippen LogP contribution in [0.4, 0.5) is 0 Å². The predicted molar refractivity (Wildman–Crippen MR) is 66.3 cm³/mol. The van der Waals surface area contributed by atoms with Gasteiger partial charge in [0.15, 0.2) is 0 Å². The molecule has 0 radical (unpaired) electrons. The van der Waals surface area contributed by atoms with Gasteiger partial charge in [0.05, 0.1) is 19.4 Å². The van der Waals surface area contributed by atoms with E-state index in [1.807, 2.05) is 0 Å². The van der Waals surface area contributed by atoms with Crippen LogP contribution in [0.3, 0.4) is 0 Å². The van der Waals surface area contributed by atoms with Gasteiger partial charge in [0.2, 0.25) is 0 Å². The van der Waals surface area contributed by atoms with Crippen LogP contribution in [0.5, 0.6) is 0 Å². The van der Waals surface area contributed by atoms with E-state index < -0.39 is 11.2 Å². The summed E-state index contributed by atoms with van der Waals surface area (Å²) in [5.41, 5.74) is -1.04. The number of halogens is 1. The molecule has 0 saturated heterocycles. The van der Waals surface area contributed by atoms with Crippen LogP contribution in [0.1, 0.15) is 0 Å². The van der Waals surface area contributed by atoms with E-state index in [-0.39, 0.29) is 11.7 Å². The van der Waals surface area contributed by atoms with Crippen molar-refractivity contribution in [2.75, 3.05) is 0 Å². The number of hydrogen-bond donors (Lipinski definition) is 1. The van der Waals surface area contributed by atoms with Crippen molar-refractivity contribution in [2.24, 2.45) is 0 Å². The molecule has 0 unspecified atom stereocenters. The molecule has 0 bridgehead atoms. The number of aromatic amines is 1. The highest BCUT2D eigenvalue weighted by Crippen LogP contribution is 1.93. The van der Waals surface area contributed by atoms with Crippen molar-refractivity contribution in [3.63, 3.8) is 0 Å². The summed E-state index contributed by atoms with van der Waals surface area (Å²) in [6.45, 7) is 0.486. The van der Waals surface area contributed by atoms with Gasteiger partial charge in [-0.3, -0.25) is 9.78 Å². The Morgan fingerprint density at radius 3 is 2.78 bits per heavy atom. The maximum atomic E-state index is 11.5. The fourth-order valence-corrected chi connectivity index (χ4v) is 1.48. The van der Waals surface area contributed by atoms with E-state index in [4.69, 9.17) is 11.6 Å². The third kappa shape index (κ3) is 2.90. The van der Waals surface area contributed by atoms with Crippen LogP contribution in [0.25, 0.3) is 0 Å². The summed E-state index contributed by atoms with van der Waals surface area (Å²) in [6, 6.07) is 1.14. The minimum atomic E-state index is -0.565. The Labute approximate surface area is 107 Å².